The summed E-state index contributed by atoms with van der Waals surface area (Å²) >= 11 is 5.58. The Balaban J connectivity index is 1.57. The Morgan fingerprint density at radius 3 is 2.55 bits per heavy atom. The van der Waals surface area contributed by atoms with E-state index in [4.69, 9.17) is 22.2 Å². The van der Waals surface area contributed by atoms with Crippen LogP contribution in [0.15, 0.2) is 70.0 Å². The van der Waals surface area contributed by atoms with Gasteiger partial charge in [0.15, 0.2) is 16.8 Å². The lowest BCUT2D eigenvalue weighted by atomic mass is 10.0. The summed E-state index contributed by atoms with van der Waals surface area (Å²) in [7, 11) is 1.52. The van der Waals surface area contributed by atoms with Crippen LogP contribution in [-0.4, -0.2) is 45.9 Å². The van der Waals surface area contributed by atoms with Gasteiger partial charge < -0.3 is 9.64 Å². The molecule has 1 aromatic rings. The van der Waals surface area contributed by atoms with Crippen molar-refractivity contribution in [3.8, 4) is 6.07 Å². The van der Waals surface area contributed by atoms with Crippen LogP contribution in [-0.2, 0) is 15.7 Å². The standard InChI is InChI=1S/C26H21F4N5O2S/c1-25(2)23(36)34(17-7-6-15(11-31)19(9-17)26(28,29)30)24(38)35(25)18-10-20(27)22-32-16(13-37-3)8-21(14-4-5-14)33(22)12-18/h6-10,12H,4-5,13H2,1-3H3. The molecule has 1 amide bonds. The summed E-state index contributed by atoms with van der Waals surface area (Å²) in [6, 6.07) is 4.47. The number of amidine groups is 1. The highest BCUT2D eigenvalue weighted by molar-refractivity contribution is 7.80. The van der Waals surface area contributed by atoms with Crippen molar-refractivity contribution in [1.82, 2.24) is 9.80 Å². The minimum Gasteiger partial charge on any atom is -0.378 e. The van der Waals surface area contributed by atoms with E-state index in [9.17, 15) is 18.0 Å². The van der Waals surface area contributed by atoms with Crippen LogP contribution in [0.1, 0.15) is 37.8 Å². The molecule has 0 aromatic heterocycles. The number of nitrogens with zero attached hydrogens (tertiary/aromatic N) is 5. The number of nitriles is 1. The van der Waals surface area contributed by atoms with Crippen molar-refractivity contribution in [3.63, 3.8) is 0 Å². The van der Waals surface area contributed by atoms with Crippen LogP contribution in [0.2, 0.25) is 0 Å². The van der Waals surface area contributed by atoms with Gasteiger partial charge in [0.1, 0.15) is 5.54 Å². The number of fused-ring (bicyclic) bond motifs is 1. The van der Waals surface area contributed by atoms with E-state index >= 15 is 4.39 Å². The molecule has 1 saturated carbocycles. The molecule has 0 N–H and O–H groups in total. The van der Waals surface area contributed by atoms with E-state index in [1.807, 2.05) is 6.08 Å². The molecular weight excluding hydrogens is 522 g/mol. The van der Waals surface area contributed by atoms with E-state index in [-0.39, 0.29) is 28.9 Å². The fourth-order valence-corrected chi connectivity index (χ4v) is 5.14. The predicted molar refractivity (Wildman–Crippen MR) is 135 cm³/mol. The number of methoxy groups -OCH3 is 1. The van der Waals surface area contributed by atoms with Crippen molar-refractivity contribution >= 4 is 34.8 Å². The second-order valence-corrected chi connectivity index (χ2v) is 9.93. The number of halogens is 4. The Bertz CT molecular complexity index is 1470. The lowest BCUT2D eigenvalue weighted by Crippen LogP contribution is -2.45. The number of carbonyl (C=O) groups is 1. The number of anilines is 1. The largest absolute Gasteiger partial charge is 0.417 e. The molecule has 0 unspecified atom stereocenters. The maximum absolute atomic E-state index is 15.5. The Hall–Kier alpha value is -3.82. The van der Waals surface area contributed by atoms with Crippen LogP contribution >= 0.6 is 12.2 Å². The molecule has 1 aliphatic carbocycles. The number of allylic oxidation sites excluding steroid dienone is 3. The van der Waals surface area contributed by atoms with Crippen molar-refractivity contribution in [3.05, 3.63) is 76.2 Å². The lowest BCUT2D eigenvalue weighted by Gasteiger charge is -2.36. The van der Waals surface area contributed by atoms with E-state index in [0.717, 1.165) is 41.1 Å². The molecule has 0 radical (unpaired) electrons. The van der Waals surface area contributed by atoms with Gasteiger partial charge >= 0.3 is 6.18 Å². The number of ether oxygens (including phenoxy) is 1. The number of amides is 1. The van der Waals surface area contributed by atoms with Gasteiger partial charge in [0.25, 0.3) is 5.91 Å². The van der Waals surface area contributed by atoms with Crippen molar-refractivity contribution in [2.45, 2.75) is 38.4 Å². The molecule has 0 spiro atoms. The van der Waals surface area contributed by atoms with Crippen LogP contribution in [0.3, 0.4) is 0 Å². The quantitative estimate of drug-likeness (QED) is 0.380. The number of hydrogen-bond acceptors (Lipinski definition) is 6. The Kier molecular flexibility index (Phi) is 6.04. The van der Waals surface area contributed by atoms with Crippen molar-refractivity contribution in [1.29, 1.82) is 5.26 Å². The van der Waals surface area contributed by atoms with Gasteiger partial charge in [0, 0.05) is 25.1 Å². The highest BCUT2D eigenvalue weighted by Crippen LogP contribution is 2.42. The number of hydrogen-bond donors (Lipinski definition) is 0. The number of rotatable bonds is 4. The van der Waals surface area contributed by atoms with Gasteiger partial charge in [-0.1, -0.05) is 0 Å². The van der Waals surface area contributed by atoms with Gasteiger partial charge in [0.2, 0.25) is 0 Å². The number of carbonyl (C=O) groups excluding carboxylic acids is 1. The number of aliphatic imine (C=N–C) groups is 1. The summed E-state index contributed by atoms with van der Waals surface area (Å²) in [5.41, 5.74) is -0.594. The molecule has 1 aromatic carbocycles. The zero-order valence-electron chi connectivity index (χ0n) is 20.6. The second-order valence-electron chi connectivity index (χ2n) is 9.57. The molecule has 7 nitrogen and oxygen atoms in total. The zero-order valence-corrected chi connectivity index (χ0v) is 21.4. The third-order valence-corrected chi connectivity index (χ3v) is 6.92. The van der Waals surface area contributed by atoms with E-state index in [0.29, 0.717) is 5.70 Å². The topological polar surface area (TPSA) is 72.2 Å². The third-order valence-electron chi connectivity index (χ3n) is 6.56. The van der Waals surface area contributed by atoms with Gasteiger partial charge in [-0.05, 0) is 68.8 Å². The summed E-state index contributed by atoms with van der Waals surface area (Å²) in [5, 5.41) is 9.00. The molecule has 38 heavy (non-hydrogen) atoms. The normalized spacial score (nSPS) is 20.6. The molecule has 2 fully saturated rings. The van der Waals surface area contributed by atoms with Crippen LogP contribution in [0.4, 0.5) is 23.2 Å². The molecule has 4 aliphatic rings. The van der Waals surface area contributed by atoms with Crippen molar-refractivity contribution in [2.24, 2.45) is 4.99 Å². The first-order chi connectivity index (χ1) is 17.9. The number of thiocarbonyl (C=S) groups is 1. The van der Waals surface area contributed by atoms with Crippen LogP contribution in [0.25, 0.3) is 0 Å². The monoisotopic (exact) mass is 543 g/mol. The summed E-state index contributed by atoms with van der Waals surface area (Å²) in [5.74, 6) is -1.19. The first-order valence-electron chi connectivity index (χ1n) is 11.6. The summed E-state index contributed by atoms with van der Waals surface area (Å²) < 4.78 is 61.5. The predicted octanol–water partition coefficient (Wildman–Crippen LogP) is 5.29. The van der Waals surface area contributed by atoms with E-state index in [1.165, 1.54) is 30.2 Å². The molecule has 0 atom stereocenters. The van der Waals surface area contributed by atoms with E-state index < -0.39 is 34.6 Å². The Morgan fingerprint density at radius 1 is 1.24 bits per heavy atom. The average Bonchev–Trinajstić information content (AvgIpc) is 3.66. The second kappa shape index (κ2) is 8.89. The smallest absolute Gasteiger partial charge is 0.378 e. The van der Waals surface area contributed by atoms with E-state index in [2.05, 4.69) is 4.99 Å². The lowest BCUT2D eigenvalue weighted by molar-refractivity contribution is -0.137. The fourth-order valence-electron chi connectivity index (χ4n) is 4.62. The highest BCUT2D eigenvalue weighted by Gasteiger charge is 2.52. The minimum atomic E-state index is -4.82. The first-order valence-corrected chi connectivity index (χ1v) is 12.0. The van der Waals surface area contributed by atoms with Crippen molar-refractivity contribution in [2.75, 3.05) is 18.6 Å². The summed E-state index contributed by atoms with van der Waals surface area (Å²) in [6.07, 6.45) is 1.53. The molecule has 1 saturated heterocycles. The highest BCUT2D eigenvalue weighted by atomic mass is 32.1. The van der Waals surface area contributed by atoms with Crippen molar-refractivity contribution < 1.29 is 27.1 Å². The van der Waals surface area contributed by atoms with Gasteiger partial charge in [0.05, 0.1) is 40.9 Å². The average molecular weight is 544 g/mol. The molecule has 12 heteroatoms. The SMILES string of the molecule is COCC1=CC(=C2CC2)N2C=C(N3C(=S)N(c4ccc(C#N)c(C(F)(F)F)c4)C(=O)C3(C)C)C=C(F)C2=N1. The van der Waals surface area contributed by atoms with Gasteiger partial charge in [-0.2, -0.15) is 18.4 Å². The van der Waals surface area contributed by atoms with Gasteiger partial charge in [-0.15, -0.1) is 0 Å². The molecule has 196 valence electrons. The van der Waals surface area contributed by atoms with Gasteiger partial charge in [-0.25, -0.2) is 9.38 Å². The first kappa shape index (κ1) is 25.8. The van der Waals surface area contributed by atoms with Crippen LogP contribution < -0.4 is 4.90 Å². The maximum Gasteiger partial charge on any atom is 0.417 e. The maximum atomic E-state index is 15.5. The zero-order chi connectivity index (χ0) is 27.6. The minimum absolute atomic E-state index is 0.0747. The van der Waals surface area contributed by atoms with Gasteiger partial charge in [-0.3, -0.25) is 14.6 Å². The molecule has 5 rings (SSSR count). The molecule has 0 bridgehead atoms. The molecular formula is C26H21F4N5O2S. The fraction of sp³-hybridized carbons (Fsp3) is 0.308. The Labute approximate surface area is 221 Å². The number of benzene rings is 1. The summed E-state index contributed by atoms with van der Waals surface area (Å²) in [4.78, 5) is 21.9. The summed E-state index contributed by atoms with van der Waals surface area (Å²) in [6.45, 7) is 3.31. The third kappa shape index (κ3) is 4.12. The Morgan fingerprint density at radius 2 is 1.95 bits per heavy atom. The molecule has 3 aliphatic heterocycles. The molecule has 3 heterocycles. The number of alkyl halides is 3. The van der Waals surface area contributed by atoms with E-state index in [1.54, 1.807) is 24.9 Å². The van der Waals surface area contributed by atoms with Crippen LogP contribution in [0.5, 0.6) is 0 Å². The van der Waals surface area contributed by atoms with Crippen LogP contribution in [0, 0.1) is 11.3 Å².